The number of aromatic nitrogens is 3. The van der Waals surface area contributed by atoms with Gasteiger partial charge in [-0.05, 0) is 74.7 Å². The number of carbonyl (C=O) groups is 2. The quantitative estimate of drug-likeness (QED) is 0.148. The van der Waals surface area contributed by atoms with Gasteiger partial charge in [0.15, 0.2) is 0 Å². The summed E-state index contributed by atoms with van der Waals surface area (Å²) in [6.45, 7) is 17.8. The molecule has 240 valence electrons. The van der Waals surface area contributed by atoms with E-state index in [4.69, 9.17) is 26.1 Å². The summed E-state index contributed by atoms with van der Waals surface area (Å²) >= 11 is 6.58. The van der Waals surface area contributed by atoms with E-state index >= 15 is 0 Å². The normalized spacial score (nSPS) is 17.3. The maximum absolute atomic E-state index is 14.3. The summed E-state index contributed by atoms with van der Waals surface area (Å²) in [5, 5.41) is 0.540. The lowest BCUT2D eigenvalue weighted by Gasteiger charge is -2.40. The van der Waals surface area contributed by atoms with Crippen LogP contribution in [0.3, 0.4) is 0 Å². The van der Waals surface area contributed by atoms with Crippen molar-refractivity contribution >= 4 is 43.2 Å². The molecule has 0 spiro atoms. The second-order valence-corrected chi connectivity index (χ2v) is 20.1. The summed E-state index contributed by atoms with van der Waals surface area (Å²) in [5.74, 6) is -0.179. The van der Waals surface area contributed by atoms with E-state index in [1.165, 1.54) is 0 Å². The second-order valence-electron chi connectivity index (χ2n) is 14.0. The Morgan fingerprint density at radius 3 is 2.49 bits per heavy atom. The number of allylic oxidation sites excluding steroid dienone is 1. The molecular formula is C34H44ClN5O4Si. The minimum absolute atomic E-state index is 0.179. The summed E-state index contributed by atoms with van der Waals surface area (Å²) in [5.41, 5.74) is 4.51. The van der Waals surface area contributed by atoms with E-state index in [-0.39, 0.29) is 17.9 Å². The van der Waals surface area contributed by atoms with Crippen molar-refractivity contribution in [2.45, 2.75) is 71.8 Å². The van der Waals surface area contributed by atoms with Crippen LogP contribution in [0.15, 0.2) is 42.9 Å². The summed E-state index contributed by atoms with van der Waals surface area (Å²) in [4.78, 5) is 40.6. The van der Waals surface area contributed by atoms with E-state index in [1.807, 2.05) is 68.7 Å². The first-order valence-electron chi connectivity index (χ1n) is 15.5. The number of halogens is 1. The number of imidazole rings is 1. The van der Waals surface area contributed by atoms with Gasteiger partial charge in [-0.1, -0.05) is 43.4 Å². The highest BCUT2D eigenvalue weighted by molar-refractivity contribution is 6.76. The molecule has 11 heteroatoms. The van der Waals surface area contributed by atoms with Crippen LogP contribution in [-0.2, 0) is 16.2 Å². The molecular weight excluding hydrogens is 606 g/mol. The average molecular weight is 650 g/mol. The Labute approximate surface area is 272 Å². The molecule has 1 saturated heterocycles. The lowest BCUT2D eigenvalue weighted by atomic mass is 9.91. The SMILES string of the molecule is Cc1c(C(=O)C2=Cc3cccnc3C(N3CCN(C(=O)OC(C)(C)C)CC3)c3ccc(Cl)cc32)ncn1COCC[Si](C)(C)C. The second kappa shape index (κ2) is 13.2. The van der Waals surface area contributed by atoms with Crippen LogP contribution in [0.5, 0.6) is 0 Å². The Balaban J connectivity index is 1.45. The van der Waals surface area contributed by atoms with Crippen LogP contribution in [0.2, 0.25) is 30.7 Å². The third kappa shape index (κ3) is 7.74. The number of pyridine rings is 1. The fraction of sp³-hybridized carbons (Fsp3) is 0.471. The molecule has 1 aliphatic carbocycles. The first-order valence-corrected chi connectivity index (χ1v) is 19.6. The van der Waals surface area contributed by atoms with Crippen molar-refractivity contribution < 1.29 is 19.1 Å². The van der Waals surface area contributed by atoms with Crippen molar-refractivity contribution in [3.05, 3.63) is 81.7 Å². The summed E-state index contributed by atoms with van der Waals surface area (Å²) in [6.07, 6.45) is 5.07. The Morgan fingerprint density at radius 2 is 1.80 bits per heavy atom. The zero-order chi connectivity index (χ0) is 32.5. The van der Waals surface area contributed by atoms with E-state index < -0.39 is 13.7 Å². The number of carbonyl (C=O) groups excluding carboxylic acids is 2. The van der Waals surface area contributed by atoms with Gasteiger partial charge in [-0.15, -0.1) is 0 Å². The molecule has 0 bridgehead atoms. The number of Topliss-reactive ketones (excluding diaryl/α,β-unsaturated/α-hetero) is 1. The fourth-order valence-electron chi connectivity index (χ4n) is 5.67. The molecule has 1 fully saturated rings. The van der Waals surface area contributed by atoms with Gasteiger partial charge in [0.05, 0.1) is 18.1 Å². The largest absolute Gasteiger partial charge is 0.444 e. The van der Waals surface area contributed by atoms with E-state index in [9.17, 15) is 9.59 Å². The van der Waals surface area contributed by atoms with Crippen LogP contribution in [0.4, 0.5) is 4.79 Å². The molecule has 0 radical (unpaired) electrons. The molecule has 0 N–H and O–H groups in total. The predicted octanol–water partition coefficient (Wildman–Crippen LogP) is 6.93. The highest BCUT2D eigenvalue weighted by Gasteiger charge is 2.36. The van der Waals surface area contributed by atoms with Crippen LogP contribution in [0.1, 0.15) is 65.4 Å². The lowest BCUT2D eigenvalue weighted by Crippen LogP contribution is -2.51. The Kier molecular flexibility index (Phi) is 9.70. The number of hydrogen-bond acceptors (Lipinski definition) is 7. The molecule has 1 aliphatic heterocycles. The predicted molar refractivity (Wildman–Crippen MR) is 180 cm³/mol. The molecule has 3 aromatic rings. The Hall–Kier alpha value is -3.31. The number of hydrogen-bond donors (Lipinski definition) is 0. The van der Waals surface area contributed by atoms with Crippen LogP contribution in [0.25, 0.3) is 11.6 Å². The number of amides is 1. The van der Waals surface area contributed by atoms with Crippen molar-refractivity contribution in [1.29, 1.82) is 0 Å². The molecule has 45 heavy (non-hydrogen) atoms. The Bertz CT molecular complexity index is 1600. The molecule has 2 aromatic heterocycles. The lowest BCUT2D eigenvalue weighted by molar-refractivity contribution is 0.0118. The third-order valence-electron chi connectivity index (χ3n) is 8.15. The van der Waals surface area contributed by atoms with Gasteiger partial charge in [-0.25, -0.2) is 9.78 Å². The monoisotopic (exact) mass is 649 g/mol. The van der Waals surface area contributed by atoms with Gasteiger partial charge in [0.1, 0.15) is 18.0 Å². The van der Waals surface area contributed by atoms with Crippen molar-refractivity contribution in [1.82, 2.24) is 24.3 Å². The minimum atomic E-state index is -1.21. The van der Waals surface area contributed by atoms with Gasteiger partial charge < -0.3 is 18.9 Å². The maximum atomic E-state index is 14.3. The molecule has 1 aromatic carbocycles. The van der Waals surface area contributed by atoms with Crippen molar-refractivity contribution in [3.63, 3.8) is 0 Å². The fourth-order valence-corrected chi connectivity index (χ4v) is 6.60. The highest BCUT2D eigenvalue weighted by atomic mass is 35.5. The molecule has 5 rings (SSSR count). The molecule has 2 aliphatic rings. The van der Waals surface area contributed by atoms with Gasteiger partial charge in [0, 0.05) is 63.3 Å². The van der Waals surface area contributed by atoms with Crippen molar-refractivity contribution in [2.75, 3.05) is 32.8 Å². The average Bonchev–Trinajstić information content (AvgIpc) is 3.26. The zero-order valence-electron chi connectivity index (χ0n) is 27.4. The number of benzene rings is 1. The summed E-state index contributed by atoms with van der Waals surface area (Å²) < 4.78 is 13.5. The van der Waals surface area contributed by atoms with Crippen LogP contribution < -0.4 is 0 Å². The summed E-state index contributed by atoms with van der Waals surface area (Å²) in [7, 11) is -1.21. The number of rotatable bonds is 8. The van der Waals surface area contributed by atoms with Gasteiger partial charge >= 0.3 is 6.09 Å². The molecule has 1 atom stereocenters. The van der Waals surface area contributed by atoms with Crippen molar-refractivity contribution in [3.8, 4) is 0 Å². The number of nitrogens with zero attached hydrogens (tertiary/aromatic N) is 5. The number of ether oxygens (including phenoxy) is 2. The van der Waals surface area contributed by atoms with Gasteiger partial charge in [-0.3, -0.25) is 14.7 Å². The molecule has 3 heterocycles. The minimum Gasteiger partial charge on any atom is -0.444 e. The standard InChI is InChI=1S/C34H44ClN5O4Si/c1-23-29(37-21-40(23)22-43-17-18-45(5,6)7)32(41)28-19-24-9-8-12-36-30(24)31(26-11-10-25(35)20-27(26)28)38-13-15-39(16-14-38)33(42)44-34(2,3)4/h8-12,19-21,31H,13-18,22H2,1-7H3. The molecule has 0 saturated carbocycles. The third-order valence-corrected chi connectivity index (χ3v) is 10.1. The smallest absolute Gasteiger partial charge is 0.410 e. The number of fused-ring (bicyclic) bond motifs is 2. The summed E-state index contributed by atoms with van der Waals surface area (Å²) in [6, 6.07) is 10.4. The van der Waals surface area contributed by atoms with E-state index in [1.54, 1.807) is 17.4 Å². The number of ketones is 1. The topological polar surface area (TPSA) is 89.8 Å². The van der Waals surface area contributed by atoms with Gasteiger partial charge in [-0.2, -0.15) is 0 Å². The van der Waals surface area contributed by atoms with Crippen LogP contribution in [0, 0.1) is 6.92 Å². The van der Waals surface area contributed by atoms with Crippen LogP contribution in [-0.4, -0.2) is 82.7 Å². The zero-order valence-corrected chi connectivity index (χ0v) is 29.1. The van der Waals surface area contributed by atoms with E-state index in [2.05, 4.69) is 29.5 Å². The van der Waals surface area contributed by atoms with Gasteiger partial charge in [0.2, 0.25) is 5.78 Å². The van der Waals surface area contributed by atoms with E-state index in [0.29, 0.717) is 55.8 Å². The maximum Gasteiger partial charge on any atom is 0.410 e. The first-order chi connectivity index (χ1) is 21.2. The highest BCUT2D eigenvalue weighted by Crippen LogP contribution is 2.41. The molecule has 9 nitrogen and oxygen atoms in total. The number of piperazine rings is 1. The van der Waals surface area contributed by atoms with Crippen LogP contribution >= 0.6 is 11.6 Å². The molecule has 1 unspecified atom stereocenters. The first kappa shape index (κ1) is 33.1. The van der Waals surface area contributed by atoms with Gasteiger partial charge in [0.25, 0.3) is 0 Å². The Morgan fingerprint density at radius 1 is 1.07 bits per heavy atom. The van der Waals surface area contributed by atoms with E-state index in [0.717, 1.165) is 34.1 Å². The molecule has 1 amide bonds. The van der Waals surface area contributed by atoms with Crippen molar-refractivity contribution in [2.24, 2.45) is 0 Å².